The van der Waals surface area contributed by atoms with E-state index in [-0.39, 0.29) is 11.8 Å². The molecule has 0 bridgehead atoms. The summed E-state index contributed by atoms with van der Waals surface area (Å²) in [7, 11) is 1.64. The van der Waals surface area contributed by atoms with Crippen molar-refractivity contribution in [2.24, 2.45) is 0 Å². The molecule has 0 radical (unpaired) electrons. The zero-order chi connectivity index (χ0) is 18.0. The second-order valence-corrected chi connectivity index (χ2v) is 6.53. The van der Waals surface area contributed by atoms with Gasteiger partial charge in [-0.1, -0.05) is 51.8 Å². The van der Waals surface area contributed by atoms with Crippen molar-refractivity contribution in [2.45, 2.75) is 77.2 Å². The van der Waals surface area contributed by atoms with E-state index in [1.807, 2.05) is 0 Å². The number of amides is 2. The van der Waals surface area contributed by atoms with Gasteiger partial charge in [-0.15, -0.1) is 0 Å². The average Bonchev–Trinajstić information content (AvgIpc) is 2.87. The Morgan fingerprint density at radius 2 is 1.83 bits per heavy atom. The number of unbranched alkanes of at least 4 members (excludes halogenated alkanes) is 3. The van der Waals surface area contributed by atoms with E-state index < -0.39 is 5.54 Å². The summed E-state index contributed by atoms with van der Waals surface area (Å²) in [6, 6.07) is 0. The maximum Gasteiger partial charge on any atom is 0.254 e. The van der Waals surface area contributed by atoms with Gasteiger partial charge in [0.25, 0.3) is 5.91 Å². The van der Waals surface area contributed by atoms with Gasteiger partial charge in [-0.05, 0) is 25.7 Å². The summed E-state index contributed by atoms with van der Waals surface area (Å²) in [6.45, 7) is 8.65. The highest BCUT2D eigenvalue weighted by Gasteiger charge is 2.47. The maximum absolute atomic E-state index is 13.1. The first kappa shape index (κ1) is 20.3. The standard InChI is InChI=1S/C19H33N3O2/c1-5-8-13-19(14-9-6-2)18(24)22(16(7-3)21-19)15-11-10-12-17(23)20-4/h21H,3,5-6,8-15H2,1-2,4H3,(H,20,23). The fourth-order valence-electron chi connectivity index (χ4n) is 3.16. The van der Waals surface area contributed by atoms with Gasteiger partial charge in [0.2, 0.25) is 5.91 Å². The Hall–Kier alpha value is -1.74. The first-order valence-electron chi connectivity index (χ1n) is 9.25. The van der Waals surface area contributed by atoms with Crippen LogP contribution in [0.5, 0.6) is 0 Å². The van der Waals surface area contributed by atoms with Gasteiger partial charge in [0.15, 0.2) is 5.82 Å². The highest BCUT2D eigenvalue weighted by molar-refractivity contribution is 5.90. The van der Waals surface area contributed by atoms with E-state index in [0.717, 1.165) is 51.4 Å². The summed E-state index contributed by atoms with van der Waals surface area (Å²) >= 11 is 0. The van der Waals surface area contributed by atoms with Gasteiger partial charge in [0.1, 0.15) is 5.54 Å². The van der Waals surface area contributed by atoms with E-state index in [9.17, 15) is 9.59 Å². The molecule has 0 atom stereocenters. The number of carbonyl (C=O) groups is 2. The van der Waals surface area contributed by atoms with Crippen LogP contribution in [0.4, 0.5) is 0 Å². The SMILES string of the molecule is C=C=C1NC(CCCC)(CCCC)C(=O)N1CCCCC(=O)NC. The molecule has 1 rings (SSSR count). The van der Waals surface area contributed by atoms with Gasteiger partial charge in [-0.3, -0.25) is 14.5 Å². The summed E-state index contributed by atoms with van der Waals surface area (Å²) < 4.78 is 0. The number of carbonyl (C=O) groups excluding carboxylic acids is 2. The minimum Gasteiger partial charge on any atom is -0.359 e. The van der Waals surface area contributed by atoms with Gasteiger partial charge < -0.3 is 10.6 Å². The number of nitrogens with one attached hydrogen (secondary N) is 2. The summed E-state index contributed by atoms with van der Waals surface area (Å²) in [5, 5.41) is 6.05. The Balaban J connectivity index is 2.75. The van der Waals surface area contributed by atoms with Crippen molar-refractivity contribution in [1.82, 2.24) is 15.5 Å². The maximum atomic E-state index is 13.1. The number of rotatable bonds is 11. The fraction of sp³-hybridized carbons (Fsp3) is 0.737. The molecule has 0 spiro atoms. The van der Waals surface area contributed by atoms with Crippen molar-refractivity contribution in [2.75, 3.05) is 13.6 Å². The minimum atomic E-state index is -0.493. The zero-order valence-corrected chi connectivity index (χ0v) is 15.5. The van der Waals surface area contributed by atoms with Crippen LogP contribution in [-0.2, 0) is 9.59 Å². The lowest BCUT2D eigenvalue weighted by atomic mass is 9.87. The number of nitrogens with zero attached hydrogens (tertiary/aromatic N) is 1. The molecular weight excluding hydrogens is 302 g/mol. The van der Waals surface area contributed by atoms with E-state index >= 15 is 0 Å². The quantitative estimate of drug-likeness (QED) is 0.450. The van der Waals surface area contributed by atoms with Crippen molar-refractivity contribution >= 4 is 11.8 Å². The van der Waals surface area contributed by atoms with Gasteiger partial charge in [-0.25, -0.2) is 0 Å². The van der Waals surface area contributed by atoms with Crippen LogP contribution in [0, 0.1) is 0 Å². The number of hydrogen-bond donors (Lipinski definition) is 2. The molecule has 0 saturated carbocycles. The highest BCUT2D eigenvalue weighted by Crippen LogP contribution is 2.32. The molecule has 1 aliphatic rings. The molecule has 1 saturated heterocycles. The Morgan fingerprint density at radius 3 is 2.33 bits per heavy atom. The monoisotopic (exact) mass is 335 g/mol. The normalized spacial score (nSPS) is 16.0. The summed E-state index contributed by atoms with van der Waals surface area (Å²) in [5.41, 5.74) is 2.40. The molecule has 1 fully saturated rings. The molecule has 0 aromatic heterocycles. The van der Waals surface area contributed by atoms with Crippen molar-refractivity contribution in [1.29, 1.82) is 0 Å². The highest BCUT2D eigenvalue weighted by atomic mass is 16.2. The third-order valence-corrected chi connectivity index (χ3v) is 4.68. The topological polar surface area (TPSA) is 61.4 Å². The molecule has 24 heavy (non-hydrogen) atoms. The molecule has 5 nitrogen and oxygen atoms in total. The Bertz CT molecular complexity index is 473. The molecule has 1 aliphatic heterocycles. The Morgan fingerprint density at radius 1 is 1.21 bits per heavy atom. The lowest BCUT2D eigenvalue weighted by Crippen LogP contribution is -2.46. The minimum absolute atomic E-state index is 0.0422. The van der Waals surface area contributed by atoms with Crippen LogP contribution in [-0.4, -0.2) is 35.8 Å². The van der Waals surface area contributed by atoms with Crippen LogP contribution in [0.2, 0.25) is 0 Å². The predicted molar refractivity (Wildman–Crippen MR) is 97.2 cm³/mol. The van der Waals surface area contributed by atoms with Crippen LogP contribution in [0.15, 0.2) is 18.1 Å². The molecular formula is C19H33N3O2. The Labute approximate surface area is 146 Å². The van der Waals surface area contributed by atoms with Crippen LogP contribution < -0.4 is 10.6 Å². The van der Waals surface area contributed by atoms with Crippen LogP contribution >= 0.6 is 0 Å². The third kappa shape index (κ3) is 5.13. The van der Waals surface area contributed by atoms with E-state index in [1.165, 1.54) is 0 Å². The second kappa shape index (κ2) is 10.2. The lowest BCUT2D eigenvalue weighted by Gasteiger charge is -2.27. The molecule has 5 heteroatoms. The molecule has 2 N–H and O–H groups in total. The van der Waals surface area contributed by atoms with E-state index in [0.29, 0.717) is 18.8 Å². The van der Waals surface area contributed by atoms with Gasteiger partial charge in [0, 0.05) is 20.0 Å². The average molecular weight is 335 g/mol. The third-order valence-electron chi connectivity index (χ3n) is 4.68. The molecule has 1 heterocycles. The first-order chi connectivity index (χ1) is 11.5. The van der Waals surface area contributed by atoms with Crippen molar-refractivity contribution in [3.8, 4) is 0 Å². The molecule has 0 aromatic rings. The lowest BCUT2D eigenvalue weighted by molar-refractivity contribution is -0.132. The van der Waals surface area contributed by atoms with Gasteiger partial charge in [0.05, 0.1) is 0 Å². The molecule has 2 amide bonds. The van der Waals surface area contributed by atoms with E-state index in [1.54, 1.807) is 11.9 Å². The summed E-state index contributed by atoms with van der Waals surface area (Å²) in [4.78, 5) is 26.2. The number of hydrogen-bond acceptors (Lipinski definition) is 3. The largest absolute Gasteiger partial charge is 0.359 e. The molecule has 136 valence electrons. The summed E-state index contributed by atoms with van der Waals surface area (Å²) in [6.07, 6.45) is 7.95. The molecule has 0 aliphatic carbocycles. The van der Waals surface area contributed by atoms with E-state index in [2.05, 4.69) is 36.8 Å². The van der Waals surface area contributed by atoms with Crippen molar-refractivity contribution in [3.05, 3.63) is 18.1 Å². The van der Waals surface area contributed by atoms with Crippen LogP contribution in [0.1, 0.15) is 71.6 Å². The van der Waals surface area contributed by atoms with E-state index in [4.69, 9.17) is 0 Å². The molecule has 0 aromatic carbocycles. The predicted octanol–water partition coefficient (Wildman–Crippen LogP) is 3.08. The Kier molecular flexibility index (Phi) is 8.62. The molecule has 0 unspecified atom stereocenters. The van der Waals surface area contributed by atoms with Crippen molar-refractivity contribution < 1.29 is 9.59 Å². The second-order valence-electron chi connectivity index (χ2n) is 6.53. The zero-order valence-electron chi connectivity index (χ0n) is 15.5. The van der Waals surface area contributed by atoms with Gasteiger partial charge >= 0.3 is 0 Å². The first-order valence-corrected chi connectivity index (χ1v) is 9.25. The van der Waals surface area contributed by atoms with Crippen LogP contribution in [0.25, 0.3) is 0 Å². The van der Waals surface area contributed by atoms with Crippen LogP contribution in [0.3, 0.4) is 0 Å². The fourth-order valence-corrected chi connectivity index (χ4v) is 3.16. The van der Waals surface area contributed by atoms with Gasteiger partial charge in [-0.2, -0.15) is 0 Å². The van der Waals surface area contributed by atoms with Crippen molar-refractivity contribution in [3.63, 3.8) is 0 Å². The summed E-state index contributed by atoms with van der Waals surface area (Å²) in [5.74, 6) is 0.892. The smallest absolute Gasteiger partial charge is 0.254 e.